The first-order valence-corrected chi connectivity index (χ1v) is 18.8. The molecule has 0 fully saturated rings. The van der Waals surface area contributed by atoms with E-state index in [1.54, 1.807) is 6.07 Å². The Kier molecular flexibility index (Phi) is 11.4. The molecule has 0 aliphatic carbocycles. The summed E-state index contributed by atoms with van der Waals surface area (Å²) in [4.78, 5) is 2.43. The average molecular weight is 880 g/mol. The van der Waals surface area contributed by atoms with Crippen LogP contribution >= 0.6 is 0 Å². The number of anilines is 2. The third-order valence-electron chi connectivity index (χ3n) is 10.4. The summed E-state index contributed by atoms with van der Waals surface area (Å²) in [5.74, 6) is 1.75. The van der Waals surface area contributed by atoms with Gasteiger partial charge in [0, 0.05) is 38.0 Å². The molecule has 2 heterocycles. The fourth-order valence-corrected chi connectivity index (χ4v) is 7.42. The van der Waals surface area contributed by atoms with Gasteiger partial charge in [0.05, 0.1) is 0 Å². The number of rotatable bonds is 9. The molecule has 0 amide bonds. The molecular formula is C48H50N3OPt-3. The van der Waals surface area contributed by atoms with Crippen molar-refractivity contribution in [1.29, 1.82) is 0 Å². The second-order valence-corrected chi connectivity index (χ2v) is 15.5. The van der Waals surface area contributed by atoms with Crippen LogP contribution in [0.15, 0.2) is 115 Å². The molecule has 0 saturated heterocycles. The Morgan fingerprint density at radius 3 is 1.94 bits per heavy atom. The Morgan fingerprint density at radius 2 is 1.28 bits per heavy atom. The number of phenolic OH excluding ortho intramolecular Hbond substituents is 1. The van der Waals surface area contributed by atoms with E-state index < -0.39 is 0 Å². The van der Waals surface area contributed by atoms with E-state index in [-0.39, 0.29) is 39.0 Å². The van der Waals surface area contributed by atoms with Crippen LogP contribution in [0.25, 0.3) is 27.5 Å². The molecule has 5 aromatic carbocycles. The molecular weight excluding hydrogens is 830 g/mol. The van der Waals surface area contributed by atoms with Crippen molar-refractivity contribution in [1.82, 2.24) is 0 Å². The Balaban J connectivity index is 0.00000481. The minimum Gasteiger partial charge on any atom is -0.676 e. The van der Waals surface area contributed by atoms with Crippen molar-refractivity contribution in [2.45, 2.75) is 91.3 Å². The van der Waals surface area contributed by atoms with Crippen molar-refractivity contribution in [2.24, 2.45) is 0 Å². The number of aromatic hydroxyl groups is 1. The van der Waals surface area contributed by atoms with Crippen molar-refractivity contribution in [3.63, 3.8) is 0 Å². The van der Waals surface area contributed by atoms with Gasteiger partial charge in [-0.3, -0.25) is 0 Å². The number of hydrogen-bond donors (Lipinski definition) is 1. The third kappa shape index (κ3) is 7.62. The number of benzene rings is 5. The topological polar surface area (TPSA) is 51.7 Å². The maximum atomic E-state index is 11.2. The van der Waals surface area contributed by atoms with Crippen LogP contribution in [0.5, 0.6) is 5.75 Å². The van der Waals surface area contributed by atoms with Crippen LogP contribution < -0.4 is 4.90 Å². The zero-order chi connectivity index (χ0) is 36.7. The van der Waals surface area contributed by atoms with Gasteiger partial charge in [0.25, 0.3) is 0 Å². The van der Waals surface area contributed by atoms with Crippen molar-refractivity contribution >= 4 is 22.8 Å². The van der Waals surface area contributed by atoms with E-state index in [9.17, 15) is 5.11 Å². The number of allylic oxidation sites excluding steroid dienone is 2. The van der Waals surface area contributed by atoms with Crippen molar-refractivity contribution in [2.75, 3.05) is 4.90 Å². The summed E-state index contributed by atoms with van der Waals surface area (Å²) in [6, 6.07) is 37.8. The second kappa shape index (κ2) is 15.8. The maximum absolute atomic E-state index is 11.2. The van der Waals surface area contributed by atoms with E-state index in [0.29, 0.717) is 23.7 Å². The van der Waals surface area contributed by atoms with Crippen LogP contribution in [0.4, 0.5) is 17.1 Å². The van der Waals surface area contributed by atoms with Gasteiger partial charge in [0.2, 0.25) is 0 Å². The molecule has 0 aromatic heterocycles. The summed E-state index contributed by atoms with van der Waals surface area (Å²) >= 11 is 0. The molecule has 5 aromatic rings. The number of nitrogens with zero attached hydrogens (tertiary/aromatic N) is 3. The predicted octanol–water partition coefficient (Wildman–Crippen LogP) is 14.2. The van der Waals surface area contributed by atoms with E-state index >= 15 is 0 Å². The third-order valence-corrected chi connectivity index (χ3v) is 10.4. The van der Waals surface area contributed by atoms with Gasteiger partial charge in [0.15, 0.2) is 0 Å². The van der Waals surface area contributed by atoms with Crippen LogP contribution in [0.1, 0.15) is 130 Å². The van der Waals surface area contributed by atoms with Gasteiger partial charge in [-0.15, -0.1) is 11.4 Å². The first-order chi connectivity index (χ1) is 25.0. The maximum Gasteiger partial charge on any atom is 0.121 e. The van der Waals surface area contributed by atoms with Gasteiger partial charge in [-0.05, 0) is 81.4 Å². The first kappa shape index (κ1) is 38.2. The molecule has 1 N–H and O–H groups in total. The normalized spacial score (nSPS) is 16.5. The molecule has 0 saturated carbocycles. The molecule has 2 aliphatic heterocycles. The summed E-state index contributed by atoms with van der Waals surface area (Å²) in [6.07, 6.45) is 5.87. The number of hydrogen-bond acceptors (Lipinski definition) is 2. The molecule has 53 heavy (non-hydrogen) atoms. The molecule has 0 bridgehead atoms. The predicted molar refractivity (Wildman–Crippen MR) is 219 cm³/mol. The second-order valence-electron chi connectivity index (χ2n) is 15.5. The van der Waals surface area contributed by atoms with Crippen LogP contribution in [0.3, 0.4) is 0 Å². The number of fused-ring (bicyclic) bond motifs is 1. The largest absolute Gasteiger partial charge is 0.676 e. The van der Waals surface area contributed by atoms with Crippen molar-refractivity contribution < 1.29 is 26.2 Å². The van der Waals surface area contributed by atoms with E-state index in [2.05, 4.69) is 157 Å². The smallest absolute Gasteiger partial charge is 0.121 e. The Labute approximate surface area is 331 Å². The van der Waals surface area contributed by atoms with Gasteiger partial charge >= 0.3 is 0 Å². The van der Waals surface area contributed by atoms with Crippen LogP contribution in [0.2, 0.25) is 0 Å². The Morgan fingerprint density at radius 1 is 0.642 bits per heavy atom. The molecule has 7 rings (SSSR count). The molecule has 2 atom stereocenters. The molecule has 0 spiro atoms. The van der Waals surface area contributed by atoms with Crippen LogP contribution in [-0.2, 0) is 21.1 Å². The average Bonchev–Trinajstić information content (AvgIpc) is 3.54. The van der Waals surface area contributed by atoms with Crippen LogP contribution in [-0.4, -0.2) is 5.11 Å². The zero-order valence-electron chi connectivity index (χ0n) is 32.0. The first-order valence-electron chi connectivity index (χ1n) is 18.8. The fraction of sp³-hybridized carbons (Fsp3) is 0.292. The molecule has 276 valence electrons. The Bertz CT molecular complexity index is 2110. The van der Waals surface area contributed by atoms with Gasteiger partial charge in [-0.1, -0.05) is 140 Å². The van der Waals surface area contributed by atoms with Gasteiger partial charge in [0.1, 0.15) is 5.75 Å². The molecule has 2 aliphatic rings. The summed E-state index contributed by atoms with van der Waals surface area (Å²) in [7, 11) is 0. The van der Waals surface area contributed by atoms with Crippen molar-refractivity contribution in [3.05, 3.63) is 171 Å². The van der Waals surface area contributed by atoms with Gasteiger partial charge in [-0.25, -0.2) is 0 Å². The van der Waals surface area contributed by atoms with E-state index in [4.69, 9.17) is 10.6 Å². The zero-order valence-corrected chi connectivity index (χ0v) is 34.3. The molecule has 0 radical (unpaired) electrons. The van der Waals surface area contributed by atoms with E-state index in [0.717, 1.165) is 44.9 Å². The fourth-order valence-electron chi connectivity index (χ4n) is 7.42. The number of para-hydroxylation sites is 3. The molecule has 2 unspecified atom stereocenters. The SMILES string of the molecule is CC(C)c1cc(-c2ccc(O)c(C3=CC=CC(c4[c-]c(C5[N-]c6ccccc6N5c5c(C(C)C)cccc5C(C)C)ccc4)[N-]3)c2)cc(C(C)C)c1.[Pt]. The Hall–Kier alpha value is -4.53. The van der Waals surface area contributed by atoms with Gasteiger partial charge in [-0.2, -0.15) is 35.4 Å². The molecule has 4 nitrogen and oxygen atoms in total. The minimum absolute atomic E-state index is 0. The van der Waals surface area contributed by atoms with Gasteiger partial charge < -0.3 is 20.6 Å². The monoisotopic (exact) mass is 879 g/mol. The number of phenols is 1. The standard InChI is InChI=1S/C48H50N3O.Pt/c1-29(2)36-25-37(30(3)4)27-38(26-36)33-22-23-46(52)41(28-33)43-20-13-19-42(49-43)34-14-11-15-35(24-34)48-50-44-18-9-10-21-45(44)51(48)47-39(31(5)6)16-12-17-40(47)32(7)8;/h9-23,25-32,42,48,52H,1-8H3;/q-3;. The van der Waals surface area contributed by atoms with Crippen molar-refractivity contribution in [3.8, 4) is 16.9 Å². The van der Waals surface area contributed by atoms with E-state index in [1.807, 2.05) is 18.2 Å². The summed E-state index contributed by atoms with van der Waals surface area (Å²) in [5, 5.41) is 21.7. The molecule has 5 heteroatoms. The summed E-state index contributed by atoms with van der Waals surface area (Å²) < 4.78 is 0. The minimum atomic E-state index is -0.268. The summed E-state index contributed by atoms with van der Waals surface area (Å²) in [5.41, 5.74) is 14.3. The quantitative estimate of drug-likeness (QED) is 0.150. The van der Waals surface area contributed by atoms with E-state index in [1.165, 1.54) is 27.9 Å². The van der Waals surface area contributed by atoms with Crippen LogP contribution in [0, 0.1) is 6.07 Å². The summed E-state index contributed by atoms with van der Waals surface area (Å²) in [6.45, 7) is 18.0.